The molecule has 0 aliphatic rings. The molecule has 2 heteroatoms. The summed E-state index contributed by atoms with van der Waals surface area (Å²) < 4.78 is 0. The van der Waals surface area contributed by atoms with Crippen molar-refractivity contribution < 1.29 is 12.4 Å². The van der Waals surface area contributed by atoms with Crippen molar-refractivity contribution in [2.75, 3.05) is 20.0 Å². The van der Waals surface area contributed by atoms with E-state index in [1.807, 2.05) is 0 Å². The highest BCUT2D eigenvalue weighted by molar-refractivity contribution is 7.81. The van der Waals surface area contributed by atoms with Gasteiger partial charge in [-0.15, -0.1) is 0 Å². The average Bonchev–Trinajstić information content (AvgIpc) is 2.17. The monoisotopic (exact) mass is 258 g/mol. The predicted octanol–water partition coefficient (Wildman–Crippen LogP) is 0.956. The van der Waals surface area contributed by atoms with Gasteiger partial charge in [-0.3, -0.25) is 0 Å². The number of halogens is 1. The summed E-state index contributed by atoms with van der Waals surface area (Å²) in [6.07, 6.45) is 5.28. The van der Waals surface area contributed by atoms with Gasteiger partial charge in [0.1, 0.15) is 0 Å². The molecule has 0 aliphatic carbocycles. The van der Waals surface area contributed by atoms with Crippen molar-refractivity contribution in [3.63, 3.8) is 0 Å². The van der Waals surface area contributed by atoms with Crippen LogP contribution < -0.4 is 17.7 Å². The van der Waals surface area contributed by atoms with Crippen LogP contribution in [0, 0.1) is 0 Å². The van der Waals surface area contributed by atoms with E-state index >= 15 is 0 Å². The van der Waals surface area contributed by atoms with E-state index < -0.39 is 7.26 Å². The third kappa shape index (κ3) is 4.85. The number of benzene rings is 1. The van der Waals surface area contributed by atoms with Gasteiger partial charge in [-0.05, 0) is 24.5 Å². The van der Waals surface area contributed by atoms with E-state index in [-0.39, 0.29) is 12.4 Å². The molecule has 0 amide bonds. The van der Waals surface area contributed by atoms with Gasteiger partial charge in [0.05, 0.1) is 25.3 Å². The lowest BCUT2D eigenvalue weighted by Gasteiger charge is -2.15. The molecular weight excluding hydrogens is 235 g/mol. The fraction of sp³-hybridized carbons (Fsp3) is 0.571. The highest BCUT2D eigenvalue weighted by Crippen LogP contribution is 2.46. The number of aryl methyl sites for hydroxylation is 1. The molecule has 0 saturated heterocycles. The first-order chi connectivity index (χ1) is 7.05. The summed E-state index contributed by atoms with van der Waals surface area (Å²) in [5.41, 5.74) is 1.59. The van der Waals surface area contributed by atoms with Crippen molar-refractivity contribution in [2.24, 2.45) is 0 Å². The largest absolute Gasteiger partial charge is 1.00 e. The molecule has 92 valence electrons. The molecule has 0 saturated carbocycles. The summed E-state index contributed by atoms with van der Waals surface area (Å²) in [5, 5.41) is 1.63. The van der Waals surface area contributed by atoms with Gasteiger partial charge in [0.25, 0.3) is 0 Å². The molecular formula is C14H24ClP. The van der Waals surface area contributed by atoms with E-state index in [2.05, 4.69) is 51.2 Å². The number of rotatable bonds is 5. The molecule has 0 nitrogen and oxygen atoms in total. The predicted molar refractivity (Wildman–Crippen MR) is 74.0 cm³/mol. The van der Waals surface area contributed by atoms with Crippen LogP contribution in [0.25, 0.3) is 0 Å². The Labute approximate surface area is 108 Å². The second-order valence-corrected chi connectivity index (χ2v) is 9.61. The van der Waals surface area contributed by atoms with E-state index in [0.29, 0.717) is 0 Å². The summed E-state index contributed by atoms with van der Waals surface area (Å²) >= 11 is 0. The average molecular weight is 259 g/mol. The van der Waals surface area contributed by atoms with Gasteiger partial charge < -0.3 is 12.4 Å². The van der Waals surface area contributed by atoms with E-state index in [4.69, 9.17) is 0 Å². The molecule has 0 aromatic heterocycles. The Bertz CT molecular complexity index is 302. The minimum Gasteiger partial charge on any atom is -1.00 e. The molecule has 1 aromatic rings. The Kier molecular flexibility index (Phi) is 7.27. The standard InChI is InChI=1S/C14H24P.ClH/c1-5-6-7-10-13-11-8-9-12-14(13)15(2,3)4;/h8-9,11-12H,5-7,10H2,1-4H3;1H/q+1;/p-1. The molecule has 0 aliphatic heterocycles. The lowest BCUT2D eigenvalue weighted by atomic mass is 10.1. The minimum atomic E-state index is -0.854. The highest BCUT2D eigenvalue weighted by atomic mass is 35.5. The number of hydrogen-bond donors (Lipinski definition) is 0. The number of unbranched alkanes of at least 4 members (excludes halogenated alkanes) is 2. The summed E-state index contributed by atoms with van der Waals surface area (Å²) in [7, 11) is -0.854. The Morgan fingerprint density at radius 3 is 2.19 bits per heavy atom. The molecule has 0 heterocycles. The van der Waals surface area contributed by atoms with Gasteiger partial charge in [0.15, 0.2) is 0 Å². The molecule has 0 spiro atoms. The van der Waals surface area contributed by atoms with Crippen LogP contribution in [0.2, 0.25) is 0 Å². The van der Waals surface area contributed by atoms with Crippen LogP contribution in [-0.2, 0) is 6.42 Å². The van der Waals surface area contributed by atoms with Crippen molar-refractivity contribution in [3.8, 4) is 0 Å². The summed E-state index contributed by atoms with van der Waals surface area (Å²) in [6.45, 7) is 9.49. The first-order valence-electron chi connectivity index (χ1n) is 5.95. The van der Waals surface area contributed by atoms with Crippen molar-refractivity contribution >= 4 is 12.6 Å². The molecule has 1 rings (SSSR count). The lowest BCUT2D eigenvalue weighted by molar-refractivity contribution is -0.00000344. The van der Waals surface area contributed by atoms with E-state index in [9.17, 15) is 0 Å². The topological polar surface area (TPSA) is 0 Å². The smallest absolute Gasteiger partial charge is 0.0962 e. The second-order valence-electron chi connectivity index (χ2n) is 5.10. The zero-order chi connectivity index (χ0) is 11.3. The van der Waals surface area contributed by atoms with Crippen LogP contribution >= 0.6 is 7.26 Å². The van der Waals surface area contributed by atoms with Crippen LogP contribution in [-0.4, -0.2) is 20.0 Å². The molecule has 1 aromatic carbocycles. The third-order valence-electron chi connectivity index (χ3n) is 2.76. The van der Waals surface area contributed by atoms with Crippen molar-refractivity contribution in [3.05, 3.63) is 29.8 Å². The van der Waals surface area contributed by atoms with Gasteiger partial charge in [0, 0.05) is 7.26 Å². The maximum Gasteiger partial charge on any atom is 0.0962 e. The Morgan fingerprint density at radius 2 is 1.62 bits per heavy atom. The quantitative estimate of drug-likeness (QED) is 0.545. The van der Waals surface area contributed by atoms with Gasteiger partial charge >= 0.3 is 0 Å². The summed E-state index contributed by atoms with van der Waals surface area (Å²) in [6, 6.07) is 9.01. The van der Waals surface area contributed by atoms with Crippen LogP contribution in [0.15, 0.2) is 24.3 Å². The normalized spacial score (nSPS) is 11.0. The highest BCUT2D eigenvalue weighted by Gasteiger charge is 2.23. The summed E-state index contributed by atoms with van der Waals surface area (Å²) in [5.74, 6) is 0. The van der Waals surface area contributed by atoms with Gasteiger partial charge in [0.2, 0.25) is 0 Å². The molecule has 0 radical (unpaired) electrons. The zero-order valence-corrected chi connectivity index (χ0v) is 12.6. The third-order valence-corrected chi connectivity index (χ3v) is 4.65. The van der Waals surface area contributed by atoms with Crippen molar-refractivity contribution in [1.29, 1.82) is 0 Å². The van der Waals surface area contributed by atoms with Gasteiger partial charge in [-0.25, -0.2) is 0 Å². The molecule has 16 heavy (non-hydrogen) atoms. The van der Waals surface area contributed by atoms with E-state index in [1.54, 1.807) is 10.9 Å². The fourth-order valence-electron chi connectivity index (χ4n) is 1.94. The second kappa shape index (κ2) is 7.30. The fourth-order valence-corrected chi connectivity index (χ4v) is 3.52. The van der Waals surface area contributed by atoms with Crippen LogP contribution in [0.4, 0.5) is 0 Å². The lowest BCUT2D eigenvalue weighted by Crippen LogP contribution is -3.00. The summed E-state index contributed by atoms with van der Waals surface area (Å²) in [4.78, 5) is 0. The van der Waals surface area contributed by atoms with Gasteiger partial charge in [-0.1, -0.05) is 38.0 Å². The Balaban J connectivity index is 0.00000225. The minimum absolute atomic E-state index is 0. The van der Waals surface area contributed by atoms with E-state index in [1.165, 1.54) is 25.7 Å². The first kappa shape index (κ1) is 15.9. The SMILES string of the molecule is CCCCCc1ccccc1[P+](C)(C)C.[Cl-]. The maximum absolute atomic E-state index is 2.41. The molecule has 0 bridgehead atoms. The molecule has 0 atom stereocenters. The van der Waals surface area contributed by atoms with Crippen molar-refractivity contribution in [1.82, 2.24) is 0 Å². The first-order valence-corrected chi connectivity index (χ1v) is 9.08. The Morgan fingerprint density at radius 1 is 1.00 bits per heavy atom. The molecule has 0 unspecified atom stereocenters. The van der Waals surface area contributed by atoms with Crippen LogP contribution in [0.3, 0.4) is 0 Å². The Hall–Kier alpha value is -0.0600. The van der Waals surface area contributed by atoms with Gasteiger partial charge in [-0.2, -0.15) is 0 Å². The molecule has 0 N–H and O–H groups in total. The molecule has 0 fully saturated rings. The van der Waals surface area contributed by atoms with Crippen LogP contribution in [0.5, 0.6) is 0 Å². The van der Waals surface area contributed by atoms with Crippen molar-refractivity contribution in [2.45, 2.75) is 32.6 Å². The maximum atomic E-state index is 2.41. The number of hydrogen-bond acceptors (Lipinski definition) is 0. The van der Waals surface area contributed by atoms with E-state index in [0.717, 1.165) is 0 Å². The van der Waals surface area contributed by atoms with Crippen LogP contribution in [0.1, 0.15) is 31.7 Å². The zero-order valence-electron chi connectivity index (χ0n) is 11.0.